The number of halogens is 4. The van der Waals surface area contributed by atoms with Gasteiger partial charge in [-0.05, 0) is 48.4 Å². The van der Waals surface area contributed by atoms with Gasteiger partial charge in [0.2, 0.25) is 0 Å². The van der Waals surface area contributed by atoms with Gasteiger partial charge in [-0.1, -0.05) is 46.6 Å². The molecule has 0 saturated heterocycles. The van der Waals surface area contributed by atoms with E-state index in [1.54, 1.807) is 0 Å². The molecule has 5 heteroatoms. The van der Waals surface area contributed by atoms with Gasteiger partial charge in [0.15, 0.2) is 11.6 Å². The molecule has 0 aliphatic heterocycles. The van der Waals surface area contributed by atoms with Gasteiger partial charge in [0.1, 0.15) is 0 Å². The Hall–Kier alpha value is -0.970. The van der Waals surface area contributed by atoms with Crippen LogP contribution in [0.3, 0.4) is 0 Å². The molecule has 0 heterocycles. The quantitative estimate of drug-likeness (QED) is 0.708. The van der Waals surface area contributed by atoms with Crippen molar-refractivity contribution in [1.29, 1.82) is 0 Å². The minimum Gasteiger partial charge on any atom is -0.306 e. The minimum atomic E-state index is -0.943. The van der Waals surface area contributed by atoms with Crippen molar-refractivity contribution in [1.82, 2.24) is 5.32 Å². The summed E-state index contributed by atoms with van der Waals surface area (Å²) in [5.74, 6) is -1.84. The Labute approximate surface area is 136 Å². The molecule has 2 aromatic carbocycles. The van der Waals surface area contributed by atoms with Crippen molar-refractivity contribution in [2.75, 3.05) is 6.54 Å². The molecule has 21 heavy (non-hydrogen) atoms. The van der Waals surface area contributed by atoms with Gasteiger partial charge in [-0.15, -0.1) is 0 Å². The average molecular weight is 375 g/mol. The zero-order valence-electron chi connectivity index (χ0n) is 11.7. The van der Waals surface area contributed by atoms with Crippen LogP contribution in [0.5, 0.6) is 0 Å². The third-order valence-electron chi connectivity index (χ3n) is 3.23. The van der Waals surface area contributed by atoms with Gasteiger partial charge >= 0.3 is 0 Å². The highest BCUT2D eigenvalue weighted by molar-refractivity contribution is 9.10. The fraction of sp³-hybridized carbons (Fsp3) is 0.250. The molecule has 0 amide bonds. The normalized spacial score (nSPS) is 12.5. The summed E-state index contributed by atoms with van der Waals surface area (Å²) in [4.78, 5) is 0. The lowest BCUT2D eigenvalue weighted by molar-refractivity contribution is 0.504. The van der Waals surface area contributed by atoms with Gasteiger partial charge in [0.25, 0.3) is 0 Å². The molecule has 1 nitrogen and oxygen atoms in total. The first-order valence-corrected chi connectivity index (χ1v) is 7.75. The molecular formula is C16H15BrClF2N. The van der Waals surface area contributed by atoms with Crippen LogP contribution in [0, 0.1) is 18.6 Å². The zero-order chi connectivity index (χ0) is 15.6. The van der Waals surface area contributed by atoms with Crippen LogP contribution >= 0.6 is 27.5 Å². The maximum Gasteiger partial charge on any atom is 0.160 e. The smallest absolute Gasteiger partial charge is 0.160 e. The van der Waals surface area contributed by atoms with Gasteiger partial charge in [-0.2, -0.15) is 0 Å². The number of nitrogens with one attached hydrogen (secondary N) is 1. The highest BCUT2D eigenvalue weighted by atomic mass is 79.9. The highest BCUT2D eigenvalue weighted by Crippen LogP contribution is 2.34. The van der Waals surface area contributed by atoms with E-state index in [0.717, 1.165) is 27.7 Å². The van der Waals surface area contributed by atoms with Crippen LogP contribution in [0.4, 0.5) is 8.78 Å². The average Bonchev–Trinajstić information content (AvgIpc) is 2.41. The second-order valence-electron chi connectivity index (χ2n) is 4.80. The van der Waals surface area contributed by atoms with E-state index in [-0.39, 0.29) is 11.1 Å². The van der Waals surface area contributed by atoms with Crippen LogP contribution in [0.25, 0.3) is 0 Å². The third kappa shape index (κ3) is 3.62. The summed E-state index contributed by atoms with van der Waals surface area (Å²) < 4.78 is 27.7. The molecule has 112 valence electrons. The monoisotopic (exact) mass is 373 g/mol. The second-order valence-corrected chi connectivity index (χ2v) is 6.07. The Morgan fingerprint density at radius 1 is 1.14 bits per heavy atom. The molecular weight excluding hydrogens is 360 g/mol. The van der Waals surface area contributed by atoms with Crippen LogP contribution in [-0.4, -0.2) is 6.54 Å². The lowest BCUT2D eigenvalue weighted by Crippen LogP contribution is -2.23. The van der Waals surface area contributed by atoms with Crippen molar-refractivity contribution < 1.29 is 8.78 Å². The summed E-state index contributed by atoms with van der Waals surface area (Å²) in [6.07, 6.45) is 0. The van der Waals surface area contributed by atoms with E-state index < -0.39 is 11.6 Å². The lowest BCUT2D eigenvalue weighted by atomic mass is 9.97. The fourth-order valence-corrected chi connectivity index (χ4v) is 3.20. The van der Waals surface area contributed by atoms with Gasteiger partial charge < -0.3 is 5.32 Å². The van der Waals surface area contributed by atoms with E-state index in [9.17, 15) is 8.78 Å². The van der Waals surface area contributed by atoms with Gasteiger partial charge in [0, 0.05) is 9.50 Å². The van der Waals surface area contributed by atoms with Crippen molar-refractivity contribution in [3.05, 3.63) is 68.2 Å². The fourth-order valence-electron chi connectivity index (χ4n) is 2.22. The molecule has 1 N–H and O–H groups in total. The van der Waals surface area contributed by atoms with Crippen LogP contribution in [0.15, 0.2) is 34.8 Å². The summed E-state index contributed by atoms with van der Waals surface area (Å²) >= 11 is 9.63. The Bertz CT molecular complexity index is 661. The third-order valence-corrected chi connectivity index (χ3v) is 4.24. The van der Waals surface area contributed by atoms with Crippen molar-refractivity contribution in [2.24, 2.45) is 0 Å². The number of hydrogen-bond acceptors (Lipinski definition) is 1. The highest BCUT2D eigenvalue weighted by Gasteiger charge is 2.20. The molecule has 1 atom stereocenters. The molecule has 0 fully saturated rings. The summed E-state index contributed by atoms with van der Waals surface area (Å²) in [5, 5.41) is 3.46. The number of hydrogen-bond donors (Lipinski definition) is 1. The number of benzene rings is 2. The molecule has 0 spiro atoms. The van der Waals surface area contributed by atoms with Crippen molar-refractivity contribution in [2.45, 2.75) is 19.9 Å². The number of rotatable bonds is 4. The zero-order valence-corrected chi connectivity index (χ0v) is 14.0. The van der Waals surface area contributed by atoms with Crippen LogP contribution in [0.1, 0.15) is 29.7 Å². The molecule has 0 aliphatic rings. The molecule has 0 aromatic heterocycles. The Morgan fingerprint density at radius 3 is 2.43 bits per heavy atom. The largest absolute Gasteiger partial charge is 0.306 e. The van der Waals surface area contributed by atoms with Gasteiger partial charge in [-0.25, -0.2) is 8.78 Å². The Kier molecular flexibility index (Phi) is 5.36. The Morgan fingerprint density at radius 2 is 1.81 bits per heavy atom. The molecule has 2 aromatic rings. The maximum atomic E-state index is 13.6. The number of aryl methyl sites for hydroxylation is 1. The minimum absolute atomic E-state index is 0.201. The van der Waals surface area contributed by atoms with Gasteiger partial charge in [0.05, 0.1) is 6.04 Å². The second kappa shape index (κ2) is 6.86. The van der Waals surface area contributed by atoms with Crippen molar-refractivity contribution in [3.8, 4) is 0 Å². The maximum absolute atomic E-state index is 13.6. The first kappa shape index (κ1) is 16.4. The molecule has 1 unspecified atom stereocenters. The Balaban J connectivity index is 2.55. The lowest BCUT2D eigenvalue weighted by Gasteiger charge is -2.22. The summed E-state index contributed by atoms with van der Waals surface area (Å²) in [5.41, 5.74) is 2.55. The van der Waals surface area contributed by atoms with E-state index in [0.29, 0.717) is 12.1 Å². The van der Waals surface area contributed by atoms with Gasteiger partial charge in [-0.3, -0.25) is 0 Å². The molecule has 2 rings (SSSR count). The summed E-state index contributed by atoms with van der Waals surface area (Å²) in [6, 6.07) is 7.75. The SMILES string of the molecule is CCNC(c1cc(F)c(F)cc1Cl)c1ccc(C)cc1Br. The van der Waals surface area contributed by atoms with Crippen molar-refractivity contribution in [3.63, 3.8) is 0 Å². The molecule has 0 bridgehead atoms. The van der Waals surface area contributed by atoms with Crippen LogP contribution in [0.2, 0.25) is 5.02 Å². The van der Waals surface area contributed by atoms with E-state index in [2.05, 4.69) is 21.2 Å². The summed E-state index contributed by atoms with van der Waals surface area (Å²) in [6.45, 7) is 4.60. The van der Waals surface area contributed by atoms with Crippen molar-refractivity contribution >= 4 is 27.5 Å². The topological polar surface area (TPSA) is 12.0 Å². The van der Waals surface area contributed by atoms with Crippen LogP contribution < -0.4 is 5.32 Å². The van der Waals surface area contributed by atoms with E-state index in [4.69, 9.17) is 11.6 Å². The first-order valence-electron chi connectivity index (χ1n) is 6.58. The summed E-state index contributed by atoms with van der Waals surface area (Å²) in [7, 11) is 0. The van der Waals surface area contributed by atoms with E-state index >= 15 is 0 Å². The predicted molar refractivity (Wildman–Crippen MR) is 85.8 cm³/mol. The van der Waals surface area contributed by atoms with E-state index in [1.807, 2.05) is 32.0 Å². The molecule has 0 aliphatic carbocycles. The first-order chi connectivity index (χ1) is 9.93. The van der Waals surface area contributed by atoms with Crippen LogP contribution in [-0.2, 0) is 0 Å². The predicted octanol–water partition coefficient (Wildman–Crippen LogP) is 5.39. The van der Waals surface area contributed by atoms with E-state index in [1.165, 1.54) is 0 Å². The molecule has 0 saturated carbocycles. The standard InChI is InChI=1S/C16H15BrClF2N/c1-3-21-16(10-5-4-9(2)6-12(10)17)11-7-14(19)15(20)8-13(11)18/h4-8,16,21H,3H2,1-2H3. The molecule has 0 radical (unpaired) electrons.